The highest BCUT2D eigenvalue weighted by Crippen LogP contribution is 2.42. The highest BCUT2D eigenvalue weighted by atomic mass is 35.5. The Morgan fingerprint density at radius 2 is 0.721 bits per heavy atom. The van der Waals surface area contributed by atoms with Crippen LogP contribution < -0.4 is 4.74 Å². The van der Waals surface area contributed by atoms with E-state index in [1.165, 1.54) is 98.8 Å². The predicted octanol–water partition coefficient (Wildman–Crippen LogP) is 27.2. The van der Waals surface area contributed by atoms with Crippen LogP contribution in [0.5, 0.6) is 5.75 Å². The zero-order valence-electron chi connectivity index (χ0n) is 71.5. The van der Waals surface area contributed by atoms with E-state index in [1.54, 1.807) is 104 Å². The van der Waals surface area contributed by atoms with Gasteiger partial charge in [-0.25, -0.2) is 0 Å². The third kappa shape index (κ3) is 21.7. The molecule has 668 valence electrons. The number of aryl methyl sites for hydroxylation is 6. The van der Waals surface area contributed by atoms with Crippen molar-refractivity contribution in [2.45, 2.75) is 80.1 Å². The largest absolute Gasteiger partial charge is 0.497 e. The van der Waals surface area contributed by atoms with Crippen LogP contribution in [0.25, 0.3) is 57.3 Å². The van der Waals surface area contributed by atoms with Crippen molar-refractivity contribution < 1.29 is 38.2 Å². The first-order valence-corrected chi connectivity index (χ1v) is 49.5. The molecule has 0 N–H and O–H groups in total. The van der Waals surface area contributed by atoms with E-state index in [1.807, 2.05) is 79.1 Å². The first-order valence-electron chi connectivity index (χ1n) is 42.1. The number of hydrogen-bond acceptors (Lipinski definition) is 16. The van der Waals surface area contributed by atoms with Crippen LogP contribution in [0.1, 0.15) is 123 Å². The minimum absolute atomic E-state index is 0.0486. The third-order valence-electron chi connectivity index (χ3n) is 23.2. The zero-order chi connectivity index (χ0) is 91.0. The van der Waals surface area contributed by atoms with Crippen LogP contribution in [0.4, 0.5) is 0 Å². The topological polar surface area (TPSA) is 147 Å². The number of methoxy groups -OCH3 is 1. The van der Waals surface area contributed by atoms with Crippen molar-refractivity contribution in [3.63, 3.8) is 0 Å². The van der Waals surface area contributed by atoms with Crippen LogP contribution in [0.3, 0.4) is 0 Å². The van der Waals surface area contributed by atoms with E-state index in [-0.39, 0.29) is 33.9 Å². The predicted molar refractivity (Wildman–Crippen MR) is 540 cm³/mol. The van der Waals surface area contributed by atoms with Gasteiger partial charge in [-0.15, -0.1) is 56.7 Å². The number of ether oxygens (including phenoxy) is 3. The molecule has 129 heavy (non-hydrogen) atoms. The Bertz CT molecular complexity index is 6850. The maximum atomic E-state index is 13.0. The van der Waals surface area contributed by atoms with Crippen LogP contribution in [0.2, 0.25) is 45.2 Å². The molecule has 0 atom stereocenters. The summed E-state index contributed by atoms with van der Waals surface area (Å²) in [6, 6.07) is 56.5. The Kier molecular flexibility index (Phi) is 32.0. The summed E-state index contributed by atoms with van der Waals surface area (Å²) in [6.07, 6.45) is 5.30. The summed E-state index contributed by atoms with van der Waals surface area (Å²) in [4.78, 5) is 80.5. The molecular formula is C99H91Cl9N8O8S5. The summed E-state index contributed by atoms with van der Waals surface area (Å²) in [7, 11) is 1.61. The molecule has 13 heterocycles. The molecule has 3 aliphatic rings. The van der Waals surface area contributed by atoms with Crippen molar-refractivity contribution in [1.29, 1.82) is 0 Å². The molecule has 0 bridgehead atoms. The van der Waals surface area contributed by atoms with Gasteiger partial charge in [-0.05, 0) is 188 Å². The quantitative estimate of drug-likeness (QED) is 0.0533. The van der Waals surface area contributed by atoms with Gasteiger partial charge in [-0.3, -0.25) is 33.8 Å². The number of likely N-dealkylation sites (tertiary alicyclic amines) is 1. The number of rotatable bonds is 24. The number of halogens is 9. The Morgan fingerprint density at radius 3 is 1.14 bits per heavy atom. The second-order valence-electron chi connectivity index (χ2n) is 31.5. The first-order chi connectivity index (χ1) is 62.2. The summed E-state index contributed by atoms with van der Waals surface area (Å²) in [6.45, 7) is 30.2. The number of carbonyl (C=O) groups is 5. The number of morpholine rings is 2. The number of carbonyl (C=O) groups excluding carboxylic acids is 5. The lowest BCUT2D eigenvalue weighted by molar-refractivity contribution is 0.0364. The highest BCUT2D eigenvalue weighted by molar-refractivity contribution is 7.22. The molecule has 0 saturated carbocycles. The van der Waals surface area contributed by atoms with E-state index in [0.29, 0.717) is 93.3 Å². The van der Waals surface area contributed by atoms with Crippen LogP contribution in [-0.2, 0) is 42.1 Å². The summed E-state index contributed by atoms with van der Waals surface area (Å²) >= 11 is 63.1. The Morgan fingerprint density at radius 1 is 0.364 bits per heavy atom. The Hall–Kier alpha value is -8.18. The van der Waals surface area contributed by atoms with Gasteiger partial charge in [0.1, 0.15) is 29.9 Å². The van der Waals surface area contributed by atoms with Crippen LogP contribution in [0.15, 0.2) is 189 Å². The molecule has 10 aromatic heterocycles. The Labute approximate surface area is 813 Å². The average molecular weight is 2000 g/mol. The first kappa shape index (κ1) is 95.4. The van der Waals surface area contributed by atoms with E-state index in [4.69, 9.17) is 119 Å². The molecule has 3 fully saturated rings. The van der Waals surface area contributed by atoms with E-state index in [2.05, 4.69) is 103 Å². The smallest absolute Gasteiger partial charge is 0.204 e. The number of hydrogen-bond donors (Lipinski definition) is 0. The van der Waals surface area contributed by atoms with Crippen molar-refractivity contribution in [3.05, 3.63) is 320 Å². The molecule has 0 amide bonds. The van der Waals surface area contributed by atoms with Gasteiger partial charge in [-0.1, -0.05) is 178 Å². The second-order valence-corrected chi connectivity index (χ2v) is 40.2. The molecule has 0 radical (unpaired) electrons. The lowest BCUT2D eigenvalue weighted by Crippen LogP contribution is -2.38. The number of benzene rings is 6. The number of aromatic nitrogens is 5. The standard InChI is InChI=1S/C22H17Cl2NOS.C21H24N2O3S.C20H19Cl3N2O2S.C20H20Cl2N2OS.C16H11Cl2NOS/c1-14-12-16-13-19(21(26)17-8-5-9-18(23)20(17)24)27-22(16)25(14)11-10-15-6-3-2-4-7-15;1-15-12-17-14-19(20(24)16-4-3-5-18(13-16)25-2)27-21(17)23(15)7-6-22-8-10-26-11-9-22;1-12-17(22)14-11-16(19(26)13-3-2-4-15(21)18(13)23)28-20(14)25(12)6-5-24-7-9-27-10-8-24;1-13-11-14-12-17(19(25)15-5-4-6-16(21)18(15)22)26-20(14)24(13)10-9-23-7-2-3-8-23;1-3-19-9(2)7-10-8-13(21-16(10)19)15(20)11-5-4-6-12(17)14(11)18/h2-9,12-13H,10-11H2,1H3;3-5,12-14H,6-11H2,1-2H3;2-4,11H,5-10H2,1H3;4-6,11-12H,2-3,7-10H2,1H3;3-8H,1H2,2H3. The van der Waals surface area contributed by atoms with Crippen LogP contribution >= 0.6 is 161 Å². The highest BCUT2D eigenvalue weighted by Gasteiger charge is 2.28. The molecule has 16 nitrogen and oxygen atoms in total. The molecular weight excluding hydrogens is 1910 g/mol. The molecule has 19 rings (SSSR count). The maximum Gasteiger partial charge on any atom is 0.204 e. The van der Waals surface area contributed by atoms with Gasteiger partial charge in [0.2, 0.25) is 28.9 Å². The van der Waals surface area contributed by atoms with Crippen molar-refractivity contribution in [2.24, 2.45) is 0 Å². The second kappa shape index (κ2) is 43.2. The lowest BCUT2D eigenvalue weighted by atomic mass is 10.1. The van der Waals surface area contributed by atoms with Crippen molar-refractivity contribution in [2.75, 3.05) is 92.4 Å². The minimum atomic E-state index is -0.137. The zero-order valence-corrected chi connectivity index (χ0v) is 82.4. The fourth-order valence-corrected chi connectivity index (χ4v) is 23.9. The van der Waals surface area contributed by atoms with E-state index in [9.17, 15) is 24.0 Å². The van der Waals surface area contributed by atoms with Gasteiger partial charge in [-0.2, -0.15) is 0 Å². The molecule has 0 aliphatic carbocycles. The van der Waals surface area contributed by atoms with Crippen molar-refractivity contribution >= 4 is 247 Å². The molecule has 3 aliphatic heterocycles. The summed E-state index contributed by atoms with van der Waals surface area (Å²) in [5.41, 5.74) is 9.50. The normalized spacial score (nSPS) is 13.8. The van der Waals surface area contributed by atoms with E-state index >= 15 is 0 Å². The average Bonchev–Trinajstić information content (AvgIpc) is 1.63. The maximum absolute atomic E-state index is 13.0. The third-order valence-corrected chi connectivity index (χ3v) is 32.7. The fraction of sp³-hybridized carbons (Fsp3) is 0.263. The van der Waals surface area contributed by atoms with Crippen LogP contribution in [0, 0.1) is 34.6 Å². The van der Waals surface area contributed by atoms with Gasteiger partial charge >= 0.3 is 0 Å². The van der Waals surface area contributed by atoms with Gasteiger partial charge in [0.15, 0.2) is 0 Å². The number of ketones is 5. The Balaban J connectivity index is 0.000000124. The minimum Gasteiger partial charge on any atom is -0.497 e. The summed E-state index contributed by atoms with van der Waals surface area (Å²) in [5, 5.41) is 8.76. The summed E-state index contributed by atoms with van der Waals surface area (Å²) in [5.74, 6) is 0.345. The number of fused-ring (bicyclic) bond motifs is 5. The monoisotopic (exact) mass is 1990 g/mol. The molecule has 3 saturated heterocycles. The lowest BCUT2D eigenvalue weighted by Gasteiger charge is -2.26. The van der Waals surface area contributed by atoms with Crippen molar-refractivity contribution in [1.82, 2.24) is 37.5 Å². The molecule has 16 aromatic rings. The number of nitrogens with zero attached hydrogens (tertiary/aromatic N) is 8. The van der Waals surface area contributed by atoms with Crippen LogP contribution in [-0.4, -0.2) is 159 Å². The van der Waals surface area contributed by atoms with Crippen molar-refractivity contribution in [3.8, 4) is 5.75 Å². The van der Waals surface area contributed by atoms with E-state index < -0.39 is 0 Å². The molecule has 6 aromatic carbocycles. The summed E-state index contributed by atoms with van der Waals surface area (Å²) < 4.78 is 27.2. The molecule has 0 unspecified atom stereocenters. The van der Waals surface area contributed by atoms with Gasteiger partial charge in [0.05, 0.1) is 103 Å². The van der Waals surface area contributed by atoms with E-state index in [0.717, 1.165) is 167 Å². The van der Waals surface area contributed by atoms with Gasteiger partial charge in [0, 0.05) is 161 Å². The molecule has 0 spiro atoms. The number of thiophene rings is 5. The van der Waals surface area contributed by atoms with Gasteiger partial charge < -0.3 is 41.9 Å². The SMILES string of the molecule is C=Cn1c(C)cc2cc(C(=O)c3cccc(Cl)c3Cl)sc21.COc1cccc(C(=O)c2cc3cc(C)n(CCN4CCOCC4)c3s2)c1.Cc1c(Cl)c2cc(C(=O)c3cccc(Cl)c3Cl)sc2n1CCN1CCOCC1.Cc1cc2cc(C(=O)c3cccc(Cl)c3Cl)sc2n1CCN1CCCC1.Cc1cc2cc(C(=O)c3cccc(Cl)c3Cl)sc2n1CCc1ccccc1. The fourth-order valence-electron chi connectivity index (χ4n) is 16.2. The van der Waals surface area contributed by atoms with Gasteiger partial charge in [0.25, 0.3) is 0 Å². The molecule has 30 heteroatoms.